The molecule has 1 amide bonds. The highest BCUT2D eigenvalue weighted by molar-refractivity contribution is 5.95. The van der Waals surface area contributed by atoms with E-state index in [2.05, 4.69) is 4.98 Å². The lowest BCUT2D eigenvalue weighted by atomic mass is 10.0. The molecule has 4 nitrogen and oxygen atoms in total. The Morgan fingerprint density at radius 1 is 1.00 bits per heavy atom. The molecule has 0 N–H and O–H groups in total. The van der Waals surface area contributed by atoms with Gasteiger partial charge in [-0.05, 0) is 54.8 Å². The first-order chi connectivity index (χ1) is 15.0. The number of hydrogen-bond acceptors (Lipinski definition) is 3. The number of likely N-dealkylation sites (tertiary alicyclic amines) is 1. The molecule has 7 heteroatoms. The second kappa shape index (κ2) is 7.58. The number of amides is 1. The van der Waals surface area contributed by atoms with Crippen molar-refractivity contribution in [1.82, 2.24) is 9.88 Å². The van der Waals surface area contributed by atoms with E-state index in [0.717, 1.165) is 12.5 Å². The molecule has 1 fully saturated rings. The zero-order chi connectivity index (χ0) is 21.5. The van der Waals surface area contributed by atoms with Crippen LogP contribution in [-0.4, -0.2) is 22.3 Å². The molecule has 1 aliphatic rings. The minimum Gasteiger partial charge on any atom is -0.438 e. The summed E-state index contributed by atoms with van der Waals surface area (Å²) in [6.07, 6.45) is 1.39. The predicted molar refractivity (Wildman–Crippen MR) is 109 cm³/mol. The molecular formula is C24H17F3N2O2. The highest BCUT2D eigenvalue weighted by atomic mass is 19.1. The topological polar surface area (TPSA) is 46.3 Å². The van der Waals surface area contributed by atoms with Crippen LogP contribution in [0.1, 0.15) is 35.1 Å². The van der Waals surface area contributed by atoms with E-state index in [0.29, 0.717) is 35.5 Å². The van der Waals surface area contributed by atoms with Gasteiger partial charge in [0.05, 0.1) is 5.56 Å². The molecule has 3 aromatic carbocycles. The van der Waals surface area contributed by atoms with Gasteiger partial charge in [0.25, 0.3) is 5.91 Å². The first kappa shape index (κ1) is 19.4. The SMILES string of the molecule is O=C(c1ccccc1F)N1CCCC1c1nc2cc(-c3ccc(F)cc3F)ccc2o1. The maximum Gasteiger partial charge on any atom is 0.257 e. The van der Waals surface area contributed by atoms with Crippen LogP contribution < -0.4 is 0 Å². The Kier molecular flexibility index (Phi) is 4.73. The van der Waals surface area contributed by atoms with Gasteiger partial charge in [-0.25, -0.2) is 18.2 Å². The van der Waals surface area contributed by atoms with Gasteiger partial charge in [-0.15, -0.1) is 0 Å². The zero-order valence-corrected chi connectivity index (χ0v) is 16.3. The van der Waals surface area contributed by atoms with E-state index < -0.39 is 29.4 Å². The first-order valence-electron chi connectivity index (χ1n) is 9.92. The molecule has 2 heterocycles. The lowest BCUT2D eigenvalue weighted by molar-refractivity contribution is 0.0712. The van der Waals surface area contributed by atoms with E-state index in [4.69, 9.17) is 4.42 Å². The Morgan fingerprint density at radius 2 is 1.84 bits per heavy atom. The fraction of sp³-hybridized carbons (Fsp3) is 0.167. The zero-order valence-electron chi connectivity index (χ0n) is 16.3. The highest BCUT2D eigenvalue weighted by Gasteiger charge is 2.35. The van der Waals surface area contributed by atoms with Crippen molar-refractivity contribution in [3.05, 3.63) is 89.6 Å². The molecular weight excluding hydrogens is 405 g/mol. The number of aromatic nitrogens is 1. The highest BCUT2D eigenvalue weighted by Crippen LogP contribution is 2.35. The van der Waals surface area contributed by atoms with Crippen LogP contribution in [0.5, 0.6) is 0 Å². The summed E-state index contributed by atoms with van der Waals surface area (Å²) in [5.41, 5.74) is 1.80. The van der Waals surface area contributed by atoms with E-state index in [9.17, 15) is 18.0 Å². The van der Waals surface area contributed by atoms with Gasteiger partial charge in [0, 0.05) is 18.2 Å². The second-order valence-corrected chi connectivity index (χ2v) is 7.50. The van der Waals surface area contributed by atoms with E-state index in [1.54, 1.807) is 29.2 Å². The van der Waals surface area contributed by atoms with E-state index in [1.165, 1.54) is 30.3 Å². The van der Waals surface area contributed by atoms with Crippen LogP contribution in [0.15, 0.2) is 65.1 Å². The van der Waals surface area contributed by atoms with Crippen LogP contribution in [0.2, 0.25) is 0 Å². The molecule has 156 valence electrons. The Hall–Kier alpha value is -3.61. The molecule has 1 aliphatic heterocycles. The minimum absolute atomic E-state index is 0.0135. The van der Waals surface area contributed by atoms with Crippen molar-refractivity contribution in [1.29, 1.82) is 0 Å². The summed E-state index contributed by atoms with van der Waals surface area (Å²) in [6.45, 7) is 0.475. The summed E-state index contributed by atoms with van der Waals surface area (Å²) < 4.78 is 47.4. The van der Waals surface area contributed by atoms with E-state index >= 15 is 0 Å². The number of hydrogen-bond donors (Lipinski definition) is 0. The number of fused-ring (bicyclic) bond motifs is 1. The van der Waals surface area contributed by atoms with Gasteiger partial charge in [-0.1, -0.05) is 18.2 Å². The molecule has 0 bridgehead atoms. The average molecular weight is 422 g/mol. The number of benzene rings is 3. The van der Waals surface area contributed by atoms with Crippen molar-refractivity contribution >= 4 is 17.0 Å². The second-order valence-electron chi connectivity index (χ2n) is 7.50. The molecule has 0 spiro atoms. The van der Waals surface area contributed by atoms with Crippen LogP contribution in [0.3, 0.4) is 0 Å². The normalized spacial score (nSPS) is 16.2. The van der Waals surface area contributed by atoms with Crippen molar-refractivity contribution in [3.8, 4) is 11.1 Å². The van der Waals surface area contributed by atoms with Crippen LogP contribution in [-0.2, 0) is 0 Å². The summed E-state index contributed by atoms with van der Waals surface area (Å²) >= 11 is 0. The number of nitrogens with zero attached hydrogens (tertiary/aromatic N) is 2. The molecule has 1 aromatic heterocycles. The number of carbonyl (C=O) groups is 1. The van der Waals surface area contributed by atoms with E-state index in [-0.39, 0.29) is 11.1 Å². The van der Waals surface area contributed by atoms with Gasteiger partial charge in [-0.3, -0.25) is 4.79 Å². The van der Waals surface area contributed by atoms with Crippen LogP contribution in [0.25, 0.3) is 22.2 Å². The number of oxazole rings is 1. The maximum atomic E-state index is 14.2. The monoisotopic (exact) mass is 422 g/mol. The molecule has 0 saturated carbocycles. The fourth-order valence-corrected chi connectivity index (χ4v) is 4.03. The van der Waals surface area contributed by atoms with Gasteiger partial charge in [0.1, 0.15) is 29.0 Å². The third-order valence-corrected chi connectivity index (χ3v) is 5.55. The van der Waals surface area contributed by atoms with Crippen molar-refractivity contribution in [2.45, 2.75) is 18.9 Å². The summed E-state index contributed by atoms with van der Waals surface area (Å²) in [6, 6.07) is 13.9. The lowest BCUT2D eigenvalue weighted by Crippen LogP contribution is -2.31. The molecule has 4 aromatic rings. The smallest absolute Gasteiger partial charge is 0.257 e. The van der Waals surface area contributed by atoms with Crippen LogP contribution in [0, 0.1) is 17.5 Å². The fourth-order valence-electron chi connectivity index (χ4n) is 4.03. The molecule has 31 heavy (non-hydrogen) atoms. The lowest BCUT2D eigenvalue weighted by Gasteiger charge is -2.22. The van der Waals surface area contributed by atoms with Gasteiger partial charge < -0.3 is 9.32 Å². The first-order valence-corrected chi connectivity index (χ1v) is 9.92. The number of carbonyl (C=O) groups excluding carboxylic acids is 1. The largest absolute Gasteiger partial charge is 0.438 e. The minimum atomic E-state index is -0.666. The Morgan fingerprint density at radius 3 is 2.65 bits per heavy atom. The molecule has 5 rings (SSSR count). The number of rotatable bonds is 3. The van der Waals surface area contributed by atoms with Crippen molar-refractivity contribution < 1.29 is 22.4 Å². The van der Waals surface area contributed by atoms with Gasteiger partial charge in [-0.2, -0.15) is 0 Å². The van der Waals surface area contributed by atoms with Crippen molar-refractivity contribution in [2.75, 3.05) is 6.54 Å². The van der Waals surface area contributed by atoms with Gasteiger partial charge in [0.2, 0.25) is 5.89 Å². The summed E-state index contributed by atoms with van der Waals surface area (Å²) in [7, 11) is 0. The molecule has 1 atom stereocenters. The van der Waals surface area contributed by atoms with Crippen molar-refractivity contribution in [3.63, 3.8) is 0 Å². The van der Waals surface area contributed by atoms with Crippen LogP contribution in [0.4, 0.5) is 13.2 Å². The summed E-state index contributed by atoms with van der Waals surface area (Å²) in [5.74, 6) is -1.93. The molecule has 1 unspecified atom stereocenters. The molecule has 0 radical (unpaired) electrons. The van der Waals surface area contributed by atoms with E-state index in [1.807, 2.05) is 0 Å². The third-order valence-electron chi connectivity index (χ3n) is 5.55. The van der Waals surface area contributed by atoms with Crippen LogP contribution >= 0.6 is 0 Å². The Balaban J connectivity index is 1.48. The van der Waals surface area contributed by atoms with Gasteiger partial charge >= 0.3 is 0 Å². The Labute approximate surface area is 175 Å². The molecule has 0 aliphatic carbocycles. The number of halogens is 3. The predicted octanol–water partition coefficient (Wildman–Crippen LogP) is 5.89. The van der Waals surface area contributed by atoms with Gasteiger partial charge in [0.15, 0.2) is 5.58 Å². The summed E-state index contributed by atoms with van der Waals surface area (Å²) in [4.78, 5) is 19.0. The standard InChI is InChI=1S/C24H17F3N2O2/c25-15-8-9-16(19(27)13-15)14-7-10-22-20(12-14)28-23(31-22)21-6-3-11-29(21)24(30)17-4-1-2-5-18(17)26/h1-2,4-5,7-10,12-13,21H,3,6,11H2. The average Bonchev–Trinajstić information content (AvgIpc) is 3.40. The maximum absolute atomic E-state index is 14.2. The third kappa shape index (κ3) is 3.46. The Bertz CT molecular complexity index is 1300. The molecule has 1 saturated heterocycles. The summed E-state index contributed by atoms with van der Waals surface area (Å²) in [5, 5.41) is 0. The quantitative estimate of drug-likeness (QED) is 0.414. The van der Waals surface area contributed by atoms with Crippen molar-refractivity contribution in [2.24, 2.45) is 0 Å².